The van der Waals surface area contributed by atoms with Crippen LogP contribution < -0.4 is 19.9 Å². The highest BCUT2D eigenvalue weighted by molar-refractivity contribution is 5.76. The van der Waals surface area contributed by atoms with E-state index in [2.05, 4.69) is 4.74 Å². The standard InChI is InChI=1S/C14H20FNO5/c1-5-21-14(17)12(15)13(16)11-9(19-3)6-8(18-2)7-10(11)20-4/h6-7,12-13H,5,16H2,1-4H3/t12?,13-/m0/s1. The van der Waals surface area contributed by atoms with Crippen molar-refractivity contribution >= 4 is 5.97 Å². The Hall–Kier alpha value is -2.02. The van der Waals surface area contributed by atoms with E-state index in [1.54, 1.807) is 6.92 Å². The van der Waals surface area contributed by atoms with Crippen LogP contribution in [0.4, 0.5) is 4.39 Å². The number of rotatable bonds is 7. The molecule has 0 radical (unpaired) electrons. The number of halogens is 1. The fourth-order valence-electron chi connectivity index (χ4n) is 1.88. The van der Waals surface area contributed by atoms with Crippen molar-refractivity contribution in [3.05, 3.63) is 17.7 Å². The summed E-state index contributed by atoms with van der Waals surface area (Å²) in [6, 6.07) is 1.80. The monoisotopic (exact) mass is 301 g/mol. The second-order valence-corrected chi connectivity index (χ2v) is 4.13. The maximum atomic E-state index is 14.1. The largest absolute Gasteiger partial charge is 0.496 e. The van der Waals surface area contributed by atoms with Crippen LogP contribution in [-0.2, 0) is 9.53 Å². The van der Waals surface area contributed by atoms with Crippen LogP contribution in [0.3, 0.4) is 0 Å². The summed E-state index contributed by atoms with van der Waals surface area (Å²) < 4.78 is 34.2. The van der Waals surface area contributed by atoms with Gasteiger partial charge >= 0.3 is 5.97 Å². The predicted octanol–water partition coefficient (Wildman–Crippen LogP) is 1.61. The van der Waals surface area contributed by atoms with Crippen molar-refractivity contribution < 1.29 is 28.1 Å². The molecule has 1 aromatic rings. The Morgan fingerprint density at radius 3 is 2.10 bits per heavy atom. The lowest BCUT2D eigenvalue weighted by Gasteiger charge is -2.21. The molecule has 0 heterocycles. The summed E-state index contributed by atoms with van der Waals surface area (Å²) in [5.74, 6) is -0.0209. The van der Waals surface area contributed by atoms with E-state index in [4.69, 9.17) is 19.9 Å². The molecule has 1 aromatic carbocycles. The van der Waals surface area contributed by atoms with E-state index in [0.29, 0.717) is 5.75 Å². The van der Waals surface area contributed by atoms with Gasteiger partial charge in [-0.15, -0.1) is 0 Å². The predicted molar refractivity (Wildman–Crippen MR) is 74.6 cm³/mol. The lowest BCUT2D eigenvalue weighted by atomic mass is 10.0. The maximum Gasteiger partial charge on any atom is 0.342 e. The fraction of sp³-hybridized carbons (Fsp3) is 0.500. The number of methoxy groups -OCH3 is 3. The summed E-state index contributed by atoms with van der Waals surface area (Å²) in [5.41, 5.74) is 6.07. The van der Waals surface area contributed by atoms with E-state index >= 15 is 0 Å². The van der Waals surface area contributed by atoms with E-state index in [-0.39, 0.29) is 23.7 Å². The molecule has 0 fully saturated rings. The van der Waals surface area contributed by atoms with Crippen LogP contribution in [0.25, 0.3) is 0 Å². The van der Waals surface area contributed by atoms with E-state index in [9.17, 15) is 9.18 Å². The number of esters is 1. The number of carbonyl (C=O) groups is 1. The molecule has 0 aliphatic heterocycles. The lowest BCUT2D eigenvalue weighted by Crippen LogP contribution is -2.32. The average molecular weight is 301 g/mol. The molecule has 6 nitrogen and oxygen atoms in total. The maximum absolute atomic E-state index is 14.1. The van der Waals surface area contributed by atoms with Crippen LogP contribution in [0.1, 0.15) is 18.5 Å². The van der Waals surface area contributed by atoms with Crippen molar-refractivity contribution in [1.82, 2.24) is 0 Å². The van der Waals surface area contributed by atoms with E-state index in [1.165, 1.54) is 33.5 Å². The molecular weight excluding hydrogens is 281 g/mol. The molecule has 0 saturated heterocycles. The average Bonchev–Trinajstić information content (AvgIpc) is 2.51. The molecule has 118 valence electrons. The van der Waals surface area contributed by atoms with Crippen LogP contribution in [0.15, 0.2) is 12.1 Å². The summed E-state index contributed by atoms with van der Waals surface area (Å²) in [6.07, 6.45) is -2.03. The molecule has 0 aliphatic carbocycles. The number of hydrogen-bond donors (Lipinski definition) is 1. The van der Waals surface area contributed by atoms with Crippen LogP contribution in [0.2, 0.25) is 0 Å². The van der Waals surface area contributed by atoms with Crippen LogP contribution in [0.5, 0.6) is 17.2 Å². The van der Waals surface area contributed by atoms with Gasteiger partial charge in [0.15, 0.2) is 0 Å². The minimum absolute atomic E-state index is 0.0723. The molecule has 0 aliphatic rings. The number of carbonyl (C=O) groups excluding carboxylic acids is 1. The molecule has 0 aromatic heterocycles. The molecule has 2 N–H and O–H groups in total. The zero-order chi connectivity index (χ0) is 16.0. The third-order valence-electron chi connectivity index (χ3n) is 2.91. The number of benzene rings is 1. The van der Waals surface area contributed by atoms with Crippen molar-refractivity contribution in [3.63, 3.8) is 0 Å². The SMILES string of the molecule is CCOC(=O)C(F)[C@@H](N)c1c(OC)cc(OC)cc1OC. The fourth-order valence-corrected chi connectivity index (χ4v) is 1.88. The highest BCUT2D eigenvalue weighted by atomic mass is 19.1. The number of hydrogen-bond acceptors (Lipinski definition) is 6. The van der Waals surface area contributed by atoms with Crippen molar-refractivity contribution in [1.29, 1.82) is 0 Å². The van der Waals surface area contributed by atoms with Crippen LogP contribution >= 0.6 is 0 Å². The first kappa shape index (κ1) is 17.0. The number of nitrogens with two attached hydrogens (primary N) is 1. The Morgan fingerprint density at radius 2 is 1.71 bits per heavy atom. The summed E-state index contributed by atoms with van der Waals surface area (Å²) >= 11 is 0. The van der Waals surface area contributed by atoms with Crippen molar-refractivity contribution in [2.45, 2.75) is 19.1 Å². The van der Waals surface area contributed by atoms with E-state index < -0.39 is 18.2 Å². The van der Waals surface area contributed by atoms with Crippen LogP contribution in [0, 0.1) is 0 Å². The van der Waals surface area contributed by atoms with Gasteiger partial charge in [-0.1, -0.05) is 0 Å². The van der Waals surface area contributed by atoms with Gasteiger partial charge in [0.05, 0.1) is 39.5 Å². The Balaban J connectivity index is 3.23. The first-order valence-corrected chi connectivity index (χ1v) is 6.36. The second-order valence-electron chi connectivity index (χ2n) is 4.13. The molecule has 1 unspecified atom stereocenters. The van der Waals surface area contributed by atoms with Gasteiger partial charge in [-0.25, -0.2) is 9.18 Å². The van der Waals surface area contributed by atoms with Gasteiger partial charge in [0.1, 0.15) is 17.2 Å². The van der Waals surface area contributed by atoms with Gasteiger partial charge in [-0.3, -0.25) is 0 Å². The van der Waals surface area contributed by atoms with Gasteiger partial charge in [-0.2, -0.15) is 0 Å². The number of ether oxygens (including phenoxy) is 4. The van der Waals surface area contributed by atoms with E-state index in [0.717, 1.165) is 0 Å². The molecule has 2 atom stereocenters. The second kappa shape index (κ2) is 7.68. The Bertz CT molecular complexity index is 469. The Morgan fingerprint density at radius 1 is 1.19 bits per heavy atom. The first-order chi connectivity index (χ1) is 9.99. The highest BCUT2D eigenvalue weighted by Crippen LogP contribution is 2.39. The topological polar surface area (TPSA) is 80.0 Å². The normalized spacial score (nSPS) is 13.2. The van der Waals surface area contributed by atoms with E-state index in [1.807, 2.05) is 0 Å². The minimum atomic E-state index is -2.03. The quantitative estimate of drug-likeness (QED) is 0.771. The Labute approximate surface area is 122 Å². The van der Waals surface area contributed by atoms with Gasteiger partial charge in [0, 0.05) is 12.1 Å². The molecule has 21 heavy (non-hydrogen) atoms. The minimum Gasteiger partial charge on any atom is -0.496 e. The molecule has 0 amide bonds. The molecular formula is C14H20FNO5. The van der Waals surface area contributed by atoms with Crippen molar-refractivity contribution in [2.24, 2.45) is 5.73 Å². The highest BCUT2D eigenvalue weighted by Gasteiger charge is 2.32. The molecule has 0 saturated carbocycles. The smallest absolute Gasteiger partial charge is 0.342 e. The van der Waals surface area contributed by atoms with Crippen molar-refractivity contribution in [3.8, 4) is 17.2 Å². The third kappa shape index (κ3) is 3.75. The summed E-state index contributed by atoms with van der Waals surface area (Å²) in [6.45, 7) is 1.66. The molecule has 0 spiro atoms. The lowest BCUT2D eigenvalue weighted by molar-refractivity contribution is -0.149. The summed E-state index contributed by atoms with van der Waals surface area (Å²) in [4.78, 5) is 11.5. The van der Waals surface area contributed by atoms with Crippen LogP contribution in [-0.4, -0.2) is 40.1 Å². The van der Waals surface area contributed by atoms with Gasteiger partial charge in [0.25, 0.3) is 0 Å². The molecule has 1 rings (SSSR count). The summed E-state index contributed by atoms with van der Waals surface area (Å²) in [7, 11) is 4.29. The molecule has 0 bridgehead atoms. The first-order valence-electron chi connectivity index (χ1n) is 6.36. The van der Waals surface area contributed by atoms with Gasteiger partial charge in [-0.05, 0) is 6.92 Å². The zero-order valence-electron chi connectivity index (χ0n) is 12.5. The van der Waals surface area contributed by atoms with Crippen molar-refractivity contribution in [2.75, 3.05) is 27.9 Å². The Kier molecular flexibility index (Phi) is 6.23. The van der Waals surface area contributed by atoms with Gasteiger partial charge in [0.2, 0.25) is 6.17 Å². The molecule has 7 heteroatoms. The third-order valence-corrected chi connectivity index (χ3v) is 2.91. The zero-order valence-corrected chi connectivity index (χ0v) is 12.5. The number of alkyl halides is 1. The van der Waals surface area contributed by atoms with Gasteiger partial charge < -0.3 is 24.7 Å². The summed E-state index contributed by atoms with van der Waals surface area (Å²) in [5, 5.41) is 0.